The minimum Gasteiger partial charge on any atom is -0.465 e. The van der Waals surface area contributed by atoms with Crippen molar-refractivity contribution in [1.82, 2.24) is 0 Å². The fraction of sp³-hybridized carbons (Fsp3) is 0.500. The molecule has 0 aromatic rings. The molecule has 0 N–H and O–H groups in total. The zero-order chi connectivity index (χ0) is 8.97. The first-order chi connectivity index (χ1) is 5.79. The second kappa shape index (κ2) is 3.88. The van der Waals surface area contributed by atoms with Crippen LogP contribution in [0.25, 0.3) is 0 Å². The topological polar surface area (TPSA) is 59.3 Å². The van der Waals surface area contributed by atoms with Crippen LogP contribution in [-0.2, 0) is 14.3 Å². The molecule has 1 heterocycles. The maximum Gasteiger partial charge on any atom is 0.348 e. The van der Waals surface area contributed by atoms with Crippen molar-refractivity contribution in [2.24, 2.45) is 0 Å². The van der Waals surface area contributed by atoms with Crippen LogP contribution in [0.5, 0.6) is 0 Å². The first-order valence-corrected chi connectivity index (χ1v) is 3.57. The van der Waals surface area contributed by atoms with Crippen LogP contribution < -0.4 is 0 Å². The molecule has 0 atom stereocenters. The Morgan fingerprint density at radius 1 is 1.75 bits per heavy atom. The van der Waals surface area contributed by atoms with Gasteiger partial charge in [-0.15, -0.1) is 0 Å². The largest absolute Gasteiger partial charge is 0.465 e. The van der Waals surface area contributed by atoms with Crippen LogP contribution in [0.1, 0.15) is 6.42 Å². The van der Waals surface area contributed by atoms with Crippen LogP contribution in [0.3, 0.4) is 0 Å². The monoisotopic (exact) mass is 167 g/mol. The molecule has 0 saturated carbocycles. The summed E-state index contributed by atoms with van der Waals surface area (Å²) >= 11 is 0. The first-order valence-electron chi connectivity index (χ1n) is 3.57. The molecule has 4 heteroatoms. The van der Waals surface area contributed by atoms with E-state index in [1.165, 1.54) is 7.11 Å². The number of carbonyl (C=O) groups is 1. The lowest BCUT2D eigenvalue weighted by atomic mass is 10.1. The van der Waals surface area contributed by atoms with E-state index in [4.69, 9.17) is 10.00 Å². The van der Waals surface area contributed by atoms with Gasteiger partial charge in [0.2, 0.25) is 0 Å². The number of hydrogen-bond donors (Lipinski definition) is 0. The molecule has 0 spiro atoms. The molecule has 1 aliphatic rings. The summed E-state index contributed by atoms with van der Waals surface area (Å²) in [4.78, 5) is 11.0. The number of nitrogens with zero attached hydrogens (tertiary/aromatic N) is 1. The van der Waals surface area contributed by atoms with Gasteiger partial charge in [0.15, 0.2) is 0 Å². The zero-order valence-electron chi connectivity index (χ0n) is 6.79. The van der Waals surface area contributed by atoms with Crippen molar-refractivity contribution in [3.05, 3.63) is 11.1 Å². The number of ether oxygens (including phenoxy) is 2. The third-order valence-corrected chi connectivity index (χ3v) is 1.68. The van der Waals surface area contributed by atoms with Crippen molar-refractivity contribution in [1.29, 1.82) is 5.26 Å². The maximum absolute atomic E-state index is 11.0. The molecule has 0 aromatic heterocycles. The third kappa shape index (κ3) is 1.63. The molecular formula is C8H9NO3. The minimum absolute atomic E-state index is 0.0926. The van der Waals surface area contributed by atoms with Gasteiger partial charge in [0.25, 0.3) is 0 Å². The van der Waals surface area contributed by atoms with Crippen LogP contribution >= 0.6 is 0 Å². The van der Waals surface area contributed by atoms with E-state index in [1.807, 2.05) is 6.07 Å². The molecule has 64 valence electrons. The molecule has 0 radical (unpaired) electrons. The number of rotatable bonds is 1. The van der Waals surface area contributed by atoms with Crippen molar-refractivity contribution < 1.29 is 14.3 Å². The van der Waals surface area contributed by atoms with E-state index in [9.17, 15) is 4.79 Å². The molecule has 0 aromatic carbocycles. The second-order valence-corrected chi connectivity index (χ2v) is 2.38. The van der Waals surface area contributed by atoms with Gasteiger partial charge < -0.3 is 9.47 Å². The fourth-order valence-electron chi connectivity index (χ4n) is 1.03. The van der Waals surface area contributed by atoms with E-state index < -0.39 is 5.97 Å². The lowest BCUT2D eigenvalue weighted by Crippen LogP contribution is -2.06. The molecule has 1 rings (SSSR count). The molecule has 1 fully saturated rings. The van der Waals surface area contributed by atoms with Gasteiger partial charge in [-0.2, -0.15) is 5.26 Å². The quantitative estimate of drug-likeness (QED) is 0.322. The minimum atomic E-state index is -0.571. The highest BCUT2D eigenvalue weighted by atomic mass is 16.5. The molecule has 12 heavy (non-hydrogen) atoms. The Hall–Kier alpha value is -1.34. The highest BCUT2D eigenvalue weighted by Gasteiger charge is 2.18. The number of hydrogen-bond acceptors (Lipinski definition) is 4. The SMILES string of the molecule is COC(=O)/C(C#N)=C1\CCOC1. The summed E-state index contributed by atoms with van der Waals surface area (Å²) in [6.45, 7) is 0.954. The fourth-order valence-corrected chi connectivity index (χ4v) is 1.03. The van der Waals surface area contributed by atoms with Gasteiger partial charge in [-0.05, 0) is 12.0 Å². The summed E-state index contributed by atoms with van der Waals surface area (Å²) in [5.41, 5.74) is 0.833. The number of carbonyl (C=O) groups excluding carboxylic acids is 1. The molecule has 0 bridgehead atoms. The normalized spacial score (nSPS) is 20.0. The van der Waals surface area contributed by atoms with E-state index in [2.05, 4.69) is 4.74 Å². The van der Waals surface area contributed by atoms with Crippen molar-refractivity contribution in [2.45, 2.75) is 6.42 Å². The van der Waals surface area contributed by atoms with Crippen molar-refractivity contribution in [3.8, 4) is 6.07 Å². The van der Waals surface area contributed by atoms with Crippen LogP contribution in [-0.4, -0.2) is 26.3 Å². The van der Waals surface area contributed by atoms with Crippen molar-refractivity contribution >= 4 is 5.97 Å². The van der Waals surface area contributed by atoms with Gasteiger partial charge in [-0.1, -0.05) is 0 Å². The lowest BCUT2D eigenvalue weighted by molar-refractivity contribution is -0.135. The summed E-state index contributed by atoms with van der Waals surface area (Å²) in [7, 11) is 1.26. The molecule has 0 amide bonds. The Morgan fingerprint density at radius 3 is 2.92 bits per heavy atom. The second-order valence-electron chi connectivity index (χ2n) is 2.38. The highest BCUT2D eigenvalue weighted by molar-refractivity contribution is 5.93. The van der Waals surface area contributed by atoms with Gasteiger partial charge in [-0.25, -0.2) is 4.79 Å². The zero-order valence-corrected chi connectivity index (χ0v) is 6.79. The number of nitriles is 1. The molecule has 0 unspecified atom stereocenters. The molecule has 0 aliphatic carbocycles. The molecule has 4 nitrogen and oxygen atoms in total. The van der Waals surface area contributed by atoms with E-state index in [-0.39, 0.29) is 5.57 Å². The summed E-state index contributed by atoms with van der Waals surface area (Å²) in [6.07, 6.45) is 0.651. The average molecular weight is 167 g/mol. The molecule has 1 saturated heterocycles. The molecule has 1 aliphatic heterocycles. The van der Waals surface area contributed by atoms with E-state index in [0.717, 1.165) is 5.57 Å². The Kier molecular flexibility index (Phi) is 2.83. The summed E-state index contributed by atoms with van der Waals surface area (Å²) < 4.78 is 9.46. The smallest absolute Gasteiger partial charge is 0.348 e. The Morgan fingerprint density at radius 2 is 2.50 bits per heavy atom. The van der Waals surface area contributed by atoms with Gasteiger partial charge in [0.05, 0.1) is 20.3 Å². The van der Waals surface area contributed by atoms with Crippen molar-refractivity contribution in [3.63, 3.8) is 0 Å². The van der Waals surface area contributed by atoms with E-state index in [1.54, 1.807) is 0 Å². The number of esters is 1. The lowest BCUT2D eigenvalue weighted by Gasteiger charge is -1.98. The summed E-state index contributed by atoms with van der Waals surface area (Å²) in [5, 5.41) is 8.62. The molecular weight excluding hydrogens is 158 g/mol. The predicted octanol–water partition coefficient (Wildman–Crippen LogP) is 0.400. The van der Waals surface area contributed by atoms with Crippen molar-refractivity contribution in [2.75, 3.05) is 20.3 Å². The maximum atomic E-state index is 11.0. The standard InChI is InChI=1S/C8H9NO3/c1-11-8(10)7(4-9)6-2-3-12-5-6/h2-3,5H2,1H3/b7-6+. The van der Waals surface area contributed by atoms with Crippen LogP contribution in [0.15, 0.2) is 11.1 Å². The van der Waals surface area contributed by atoms with E-state index in [0.29, 0.717) is 19.6 Å². The predicted molar refractivity (Wildman–Crippen MR) is 40.1 cm³/mol. The average Bonchev–Trinajstić information content (AvgIpc) is 2.58. The van der Waals surface area contributed by atoms with Crippen LogP contribution in [0, 0.1) is 11.3 Å². The Labute approximate surface area is 70.4 Å². The first kappa shape index (κ1) is 8.75. The van der Waals surface area contributed by atoms with E-state index >= 15 is 0 Å². The van der Waals surface area contributed by atoms with Gasteiger partial charge in [-0.3, -0.25) is 0 Å². The summed E-state index contributed by atoms with van der Waals surface area (Å²) in [6, 6.07) is 1.82. The highest BCUT2D eigenvalue weighted by Crippen LogP contribution is 2.16. The van der Waals surface area contributed by atoms with Crippen LogP contribution in [0.4, 0.5) is 0 Å². The summed E-state index contributed by atoms with van der Waals surface area (Å²) in [5.74, 6) is -0.571. The number of methoxy groups -OCH3 is 1. The van der Waals surface area contributed by atoms with Gasteiger partial charge in [0.1, 0.15) is 11.6 Å². The Bertz CT molecular complexity index is 254. The Balaban J connectivity index is 2.86. The van der Waals surface area contributed by atoms with Crippen LogP contribution in [0.2, 0.25) is 0 Å². The third-order valence-electron chi connectivity index (χ3n) is 1.68. The van der Waals surface area contributed by atoms with Gasteiger partial charge in [0, 0.05) is 0 Å². The van der Waals surface area contributed by atoms with Gasteiger partial charge >= 0.3 is 5.97 Å².